The van der Waals surface area contributed by atoms with Gasteiger partial charge >= 0.3 is 5.97 Å². The van der Waals surface area contributed by atoms with Crippen molar-refractivity contribution >= 4 is 5.97 Å². The van der Waals surface area contributed by atoms with E-state index >= 15 is 0 Å². The van der Waals surface area contributed by atoms with Crippen molar-refractivity contribution in [2.75, 3.05) is 6.61 Å². The Morgan fingerprint density at radius 3 is 2.67 bits per heavy atom. The second-order valence-corrected chi connectivity index (χ2v) is 2.90. The molecule has 0 spiro atoms. The monoisotopic (exact) mass is 170 g/mol. The van der Waals surface area contributed by atoms with Gasteiger partial charge in [-0.3, -0.25) is 0 Å². The molecule has 0 rings (SSSR count). The van der Waals surface area contributed by atoms with Crippen LogP contribution in [0.2, 0.25) is 0 Å². The van der Waals surface area contributed by atoms with Crippen LogP contribution in [0.15, 0.2) is 12.2 Å². The highest BCUT2D eigenvalue weighted by molar-refractivity contribution is 5.81. The molecule has 2 nitrogen and oxygen atoms in total. The SMILES string of the molecule is CCOC(=O)/C=C/CC(C)CC. The Kier molecular flexibility index (Phi) is 6.44. The molecule has 0 aliphatic rings. The summed E-state index contributed by atoms with van der Waals surface area (Å²) in [4.78, 5) is 10.8. The lowest BCUT2D eigenvalue weighted by Gasteiger charge is -2.01. The van der Waals surface area contributed by atoms with Crippen LogP contribution in [0.25, 0.3) is 0 Å². The summed E-state index contributed by atoms with van der Waals surface area (Å²) >= 11 is 0. The Hall–Kier alpha value is -0.790. The number of esters is 1. The number of hydrogen-bond donors (Lipinski definition) is 0. The van der Waals surface area contributed by atoms with Gasteiger partial charge in [0.25, 0.3) is 0 Å². The Morgan fingerprint density at radius 2 is 2.17 bits per heavy atom. The summed E-state index contributed by atoms with van der Waals surface area (Å²) in [5, 5.41) is 0. The van der Waals surface area contributed by atoms with E-state index in [1.54, 1.807) is 6.92 Å². The summed E-state index contributed by atoms with van der Waals surface area (Å²) in [5.41, 5.74) is 0. The predicted octanol–water partition coefficient (Wildman–Crippen LogP) is 2.54. The largest absolute Gasteiger partial charge is 0.463 e. The summed E-state index contributed by atoms with van der Waals surface area (Å²) in [6.07, 6.45) is 5.49. The van der Waals surface area contributed by atoms with Crippen molar-refractivity contribution in [3.05, 3.63) is 12.2 Å². The molecule has 12 heavy (non-hydrogen) atoms. The van der Waals surface area contributed by atoms with Gasteiger partial charge in [0.2, 0.25) is 0 Å². The summed E-state index contributed by atoms with van der Waals surface area (Å²) < 4.78 is 4.73. The smallest absolute Gasteiger partial charge is 0.330 e. The Bertz CT molecular complexity index is 150. The lowest BCUT2D eigenvalue weighted by atomic mass is 10.1. The molecule has 0 saturated heterocycles. The first-order valence-corrected chi connectivity index (χ1v) is 4.54. The van der Waals surface area contributed by atoms with E-state index in [2.05, 4.69) is 13.8 Å². The molecule has 0 fully saturated rings. The van der Waals surface area contributed by atoms with Gasteiger partial charge in [0.05, 0.1) is 6.61 Å². The van der Waals surface area contributed by atoms with E-state index in [0.29, 0.717) is 12.5 Å². The maximum absolute atomic E-state index is 10.8. The average Bonchev–Trinajstić information content (AvgIpc) is 2.04. The van der Waals surface area contributed by atoms with E-state index in [1.165, 1.54) is 6.08 Å². The van der Waals surface area contributed by atoms with Crippen LogP contribution >= 0.6 is 0 Å². The molecule has 0 radical (unpaired) electrons. The molecule has 1 atom stereocenters. The van der Waals surface area contributed by atoms with Crippen LogP contribution in [-0.2, 0) is 9.53 Å². The van der Waals surface area contributed by atoms with Crippen molar-refractivity contribution in [2.24, 2.45) is 5.92 Å². The quantitative estimate of drug-likeness (QED) is 0.468. The van der Waals surface area contributed by atoms with Crippen molar-refractivity contribution in [1.29, 1.82) is 0 Å². The molecule has 2 heteroatoms. The highest BCUT2D eigenvalue weighted by Crippen LogP contribution is 2.06. The lowest BCUT2D eigenvalue weighted by molar-refractivity contribution is -0.137. The second-order valence-electron chi connectivity index (χ2n) is 2.90. The predicted molar refractivity (Wildman–Crippen MR) is 49.8 cm³/mol. The van der Waals surface area contributed by atoms with Crippen molar-refractivity contribution in [2.45, 2.75) is 33.6 Å². The van der Waals surface area contributed by atoms with Crippen molar-refractivity contribution in [3.8, 4) is 0 Å². The van der Waals surface area contributed by atoms with Crippen molar-refractivity contribution < 1.29 is 9.53 Å². The molecule has 0 aromatic carbocycles. The number of hydrogen-bond acceptors (Lipinski definition) is 2. The Labute approximate surface area is 74.6 Å². The molecule has 0 aliphatic carbocycles. The van der Waals surface area contributed by atoms with Crippen LogP contribution in [0, 0.1) is 5.92 Å². The number of carbonyl (C=O) groups is 1. The van der Waals surface area contributed by atoms with Gasteiger partial charge in [-0.25, -0.2) is 4.79 Å². The van der Waals surface area contributed by atoms with Crippen LogP contribution in [0.5, 0.6) is 0 Å². The van der Waals surface area contributed by atoms with Crippen LogP contribution in [0.3, 0.4) is 0 Å². The van der Waals surface area contributed by atoms with Gasteiger partial charge in [0, 0.05) is 6.08 Å². The normalized spacial score (nSPS) is 13.2. The highest BCUT2D eigenvalue weighted by Gasteiger charge is 1.96. The fraction of sp³-hybridized carbons (Fsp3) is 0.700. The molecular formula is C10H18O2. The van der Waals surface area contributed by atoms with E-state index in [0.717, 1.165) is 12.8 Å². The molecule has 0 amide bonds. The molecule has 0 aliphatic heterocycles. The van der Waals surface area contributed by atoms with Crippen LogP contribution in [0.4, 0.5) is 0 Å². The number of rotatable bonds is 5. The molecule has 1 unspecified atom stereocenters. The molecule has 0 heterocycles. The van der Waals surface area contributed by atoms with Gasteiger partial charge in [0.1, 0.15) is 0 Å². The average molecular weight is 170 g/mol. The van der Waals surface area contributed by atoms with Crippen molar-refractivity contribution in [1.82, 2.24) is 0 Å². The zero-order valence-corrected chi connectivity index (χ0v) is 8.17. The standard InChI is InChI=1S/C10H18O2/c1-4-9(3)7-6-8-10(11)12-5-2/h6,8-9H,4-5,7H2,1-3H3/b8-6+. The van der Waals surface area contributed by atoms with E-state index < -0.39 is 0 Å². The molecule has 0 aromatic heterocycles. The summed E-state index contributed by atoms with van der Waals surface area (Å²) in [6.45, 7) is 6.56. The minimum atomic E-state index is -0.235. The maximum Gasteiger partial charge on any atom is 0.330 e. The van der Waals surface area contributed by atoms with Gasteiger partial charge in [-0.1, -0.05) is 26.3 Å². The maximum atomic E-state index is 10.8. The molecule has 0 bridgehead atoms. The number of carbonyl (C=O) groups excluding carboxylic acids is 1. The third kappa shape index (κ3) is 5.96. The molecule has 0 aromatic rings. The summed E-state index contributed by atoms with van der Waals surface area (Å²) in [5.74, 6) is 0.413. The van der Waals surface area contributed by atoms with Gasteiger partial charge in [-0.2, -0.15) is 0 Å². The van der Waals surface area contributed by atoms with Gasteiger partial charge < -0.3 is 4.74 Å². The second kappa shape index (κ2) is 6.89. The zero-order chi connectivity index (χ0) is 9.40. The topological polar surface area (TPSA) is 26.3 Å². The molecular weight excluding hydrogens is 152 g/mol. The summed E-state index contributed by atoms with van der Waals surface area (Å²) in [6, 6.07) is 0. The highest BCUT2D eigenvalue weighted by atomic mass is 16.5. The van der Waals surface area contributed by atoms with E-state index in [1.807, 2.05) is 6.08 Å². The van der Waals surface area contributed by atoms with Crippen LogP contribution in [0.1, 0.15) is 33.6 Å². The number of ether oxygens (including phenoxy) is 1. The first kappa shape index (κ1) is 11.2. The lowest BCUT2D eigenvalue weighted by Crippen LogP contribution is -1.99. The fourth-order valence-electron chi connectivity index (χ4n) is 0.754. The van der Waals surface area contributed by atoms with Crippen LogP contribution < -0.4 is 0 Å². The number of allylic oxidation sites excluding steroid dienone is 1. The third-order valence-electron chi connectivity index (χ3n) is 1.78. The molecule has 0 saturated carbocycles. The third-order valence-corrected chi connectivity index (χ3v) is 1.78. The van der Waals surface area contributed by atoms with E-state index in [4.69, 9.17) is 4.74 Å². The Balaban J connectivity index is 3.54. The minimum Gasteiger partial charge on any atom is -0.463 e. The minimum absolute atomic E-state index is 0.235. The van der Waals surface area contributed by atoms with Crippen LogP contribution in [-0.4, -0.2) is 12.6 Å². The zero-order valence-electron chi connectivity index (χ0n) is 8.17. The van der Waals surface area contributed by atoms with Crippen molar-refractivity contribution in [3.63, 3.8) is 0 Å². The summed E-state index contributed by atoms with van der Waals surface area (Å²) in [7, 11) is 0. The first-order chi connectivity index (χ1) is 5.70. The first-order valence-electron chi connectivity index (χ1n) is 4.54. The molecule has 0 N–H and O–H groups in total. The Morgan fingerprint density at radius 1 is 1.50 bits per heavy atom. The van der Waals surface area contributed by atoms with E-state index in [-0.39, 0.29) is 5.97 Å². The fourth-order valence-corrected chi connectivity index (χ4v) is 0.754. The van der Waals surface area contributed by atoms with Gasteiger partial charge in [-0.05, 0) is 19.3 Å². The molecule has 70 valence electrons. The van der Waals surface area contributed by atoms with Gasteiger partial charge in [0.15, 0.2) is 0 Å². The van der Waals surface area contributed by atoms with Gasteiger partial charge in [-0.15, -0.1) is 0 Å². The van der Waals surface area contributed by atoms with E-state index in [9.17, 15) is 4.79 Å².